The summed E-state index contributed by atoms with van der Waals surface area (Å²) in [5.74, 6) is -2.34. The number of hydrogen-bond acceptors (Lipinski definition) is 5. The molecule has 1 spiro atoms. The Labute approximate surface area is 197 Å². The number of nitrogens with one attached hydrogen (secondary N) is 1. The molecule has 1 aliphatic heterocycles. The molecule has 5 rings (SSSR count). The number of halogens is 4. The minimum Gasteiger partial charge on any atom is -0.368 e. The Bertz CT molecular complexity index is 1380. The van der Waals surface area contributed by atoms with Crippen molar-refractivity contribution in [3.05, 3.63) is 76.4 Å². The number of carbonyl (C=O) groups excluding carboxylic acids is 2. The van der Waals surface area contributed by atoms with Crippen LogP contribution in [0.1, 0.15) is 45.6 Å². The number of amides is 2. The molecule has 3 N–H and O–H groups in total. The van der Waals surface area contributed by atoms with E-state index in [0.29, 0.717) is 36.4 Å². The van der Waals surface area contributed by atoms with Gasteiger partial charge in [-0.2, -0.15) is 13.2 Å². The number of carbonyl (C=O) groups is 2. The molecule has 2 amide bonds. The van der Waals surface area contributed by atoms with E-state index < -0.39 is 28.9 Å². The number of aromatic nitrogens is 2. The van der Waals surface area contributed by atoms with Gasteiger partial charge < -0.3 is 16.0 Å². The van der Waals surface area contributed by atoms with Gasteiger partial charge in [0.1, 0.15) is 5.82 Å². The summed E-state index contributed by atoms with van der Waals surface area (Å²) in [6, 6.07) is 6.89. The van der Waals surface area contributed by atoms with Gasteiger partial charge in [0.25, 0.3) is 5.91 Å². The van der Waals surface area contributed by atoms with E-state index in [0.717, 1.165) is 17.2 Å². The van der Waals surface area contributed by atoms with Crippen LogP contribution in [0.15, 0.2) is 42.6 Å². The lowest BCUT2D eigenvalue weighted by Crippen LogP contribution is -2.45. The van der Waals surface area contributed by atoms with Gasteiger partial charge in [0, 0.05) is 28.7 Å². The van der Waals surface area contributed by atoms with Gasteiger partial charge in [-0.1, -0.05) is 6.07 Å². The van der Waals surface area contributed by atoms with Crippen molar-refractivity contribution in [1.82, 2.24) is 9.97 Å². The highest BCUT2D eigenvalue weighted by Gasteiger charge is 2.58. The summed E-state index contributed by atoms with van der Waals surface area (Å²) in [6.45, 7) is 2.01. The highest BCUT2D eigenvalue weighted by atomic mass is 19.4. The van der Waals surface area contributed by atoms with Gasteiger partial charge in [-0.15, -0.1) is 0 Å². The highest BCUT2D eigenvalue weighted by molar-refractivity contribution is 6.07. The Kier molecular flexibility index (Phi) is 5.04. The molecule has 0 bridgehead atoms. The predicted molar refractivity (Wildman–Crippen MR) is 119 cm³/mol. The van der Waals surface area contributed by atoms with Crippen LogP contribution in [-0.2, 0) is 22.9 Å². The van der Waals surface area contributed by atoms with Crippen LogP contribution < -0.4 is 16.0 Å². The number of alkyl halides is 3. The molecular weight excluding hydrogens is 466 g/mol. The molecule has 0 atom stereocenters. The zero-order valence-corrected chi connectivity index (χ0v) is 18.4. The van der Waals surface area contributed by atoms with Crippen LogP contribution in [0.3, 0.4) is 0 Å². The topological polar surface area (TPSA) is 101 Å². The maximum Gasteiger partial charge on any atom is 0.419 e. The molecule has 0 radical (unpaired) electrons. The largest absolute Gasteiger partial charge is 0.419 e. The molecule has 0 saturated heterocycles. The molecule has 2 aromatic carbocycles. The van der Waals surface area contributed by atoms with Crippen LogP contribution >= 0.6 is 0 Å². The van der Waals surface area contributed by atoms with Crippen LogP contribution in [0.25, 0.3) is 0 Å². The average Bonchev–Trinajstić information content (AvgIpc) is 3.59. The van der Waals surface area contributed by atoms with E-state index in [1.54, 1.807) is 36.2 Å². The lowest BCUT2D eigenvalue weighted by atomic mass is 9.91. The Morgan fingerprint density at radius 3 is 2.60 bits per heavy atom. The molecule has 3 aromatic rings. The number of nitrogens with zero attached hydrogens (tertiary/aromatic N) is 3. The first-order valence-electron chi connectivity index (χ1n) is 10.7. The van der Waals surface area contributed by atoms with Gasteiger partial charge in [-0.3, -0.25) is 9.59 Å². The third kappa shape index (κ3) is 3.86. The first kappa shape index (κ1) is 22.8. The Balaban J connectivity index is 1.45. The number of anilines is 3. The summed E-state index contributed by atoms with van der Waals surface area (Å²) < 4.78 is 52.7. The van der Waals surface area contributed by atoms with Gasteiger partial charge in [-0.25, -0.2) is 14.4 Å². The number of nitrogen functional groups attached to an aromatic ring is 1. The third-order valence-corrected chi connectivity index (χ3v) is 6.36. The minimum atomic E-state index is -4.94. The number of benzene rings is 2. The number of nitrogens with two attached hydrogens (primary N) is 1. The van der Waals surface area contributed by atoms with E-state index in [4.69, 9.17) is 5.73 Å². The molecule has 1 aromatic heterocycles. The summed E-state index contributed by atoms with van der Waals surface area (Å²) >= 11 is 0. The lowest BCUT2D eigenvalue weighted by molar-refractivity contribution is -0.140. The molecule has 7 nitrogen and oxygen atoms in total. The third-order valence-electron chi connectivity index (χ3n) is 6.36. The second-order valence-electron chi connectivity index (χ2n) is 8.72. The van der Waals surface area contributed by atoms with Crippen molar-refractivity contribution in [1.29, 1.82) is 0 Å². The van der Waals surface area contributed by atoms with Crippen molar-refractivity contribution in [3.63, 3.8) is 0 Å². The van der Waals surface area contributed by atoms with Gasteiger partial charge in [0.2, 0.25) is 11.9 Å². The Hall–Kier alpha value is -4.02. The number of hydrogen-bond donors (Lipinski definition) is 2. The van der Waals surface area contributed by atoms with E-state index in [9.17, 15) is 27.2 Å². The van der Waals surface area contributed by atoms with Gasteiger partial charge in [0.15, 0.2) is 0 Å². The maximum atomic E-state index is 13.6. The minimum absolute atomic E-state index is 0.103. The predicted octanol–water partition coefficient (Wildman–Crippen LogP) is 4.36. The summed E-state index contributed by atoms with van der Waals surface area (Å²) in [7, 11) is 0. The number of aryl methyl sites for hydroxylation is 1. The van der Waals surface area contributed by atoms with Crippen molar-refractivity contribution in [3.8, 4) is 0 Å². The highest BCUT2D eigenvalue weighted by Crippen LogP contribution is 2.53. The quantitative estimate of drug-likeness (QED) is 0.537. The summed E-state index contributed by atoms with van der Waals surface area (Å²) in [5.41, 5.74) is 6.09. The lowest BCUT2D eigenvalue weighted by Gasteiger charge is -2.34. The molecule has 0 unspecified atom stereocenters. The van der Waals surface area contributed by atoms with Crippen LogP contribution in [0, 0.1) is 12.7 Å². The molecule has 35 heavy (non-hydrogen) atoms. The van der Waals surface area contributed by atoms with Crippen molar-refractivity contribution in [2.24, 2.45) is 0 Å². The van der Waals surface area contributed by atoms with Crippen LogP contribution in [0.2, 0.25) is 0 Å². The standard InChI is InChI=1S/C24H19F4N5O2/c1-12-2-4-15(31-20(34)13-3-5-17(25)16(8-13)24(26,27)28)9-18(12)33-11-14-10-30-22(29)32-19(14)23(6-7-23)21(33)35/h2-5,8-10H,6-7,11H2,1H3,(H,31,34)(H2,29,30,32). The van der Waals surface area contributed by atoms with E-state index in [2.05, 4.69) is 15.3 Å². The SMILES string of the molecule is Cc1ccc(NC(=O)c2ccc(F)c(C(F)(F)F)c2)cc1N1Cc2cnc(N)nc2C2(CC2)C1=O. The molecular formula is C24H19F4N5O2. The Morgan fingerprint density at radius 2 is 1.91 bits per heavy atom. The van der Waals surface area contributed by atoms with Gasteiger partial charge in [0.05, 0.1) is 23.2 Å². The first-order valence-corrected chi connectivity index (χ1v) is 10.7. The molecule has 1 aliphatic carbocycles. The van der Waals surface area contributed by atoms with Crippen molar-refractivity contribution in [2.75, 3.05) is 16.0 Å². The van der Waals surface area contributed by atoms with E-state index in [1.165, 1.54) is 0 Å². The van der Waals surface area contributed by atoms with Crippen molar-refractivity contribution >= 4 is 29.1 Å². The average molecular weight is 485 g/mol. The van der Waals surface area contributed by atoms with Gasteiger partial charge in [-0.05, 0) is 55.7 Å². The molecule has 1 fully saturated rings. The normalized spacial score (nSPS) is 16.3. The monoisotopic (exact) mass is 485 g/mol. The maximum absolute atomic E-state index is 13.6. The Morgan fingerprint density at radius 1 is 1.17 bits per heavy atom. The first-order chi connectivity index (χ1) is 16.5. The fourth-order valence-electron chi connectivity index (χ4n) is 4.39. The van der Waals surface area contributed by atoms with Gasteiger partial charge >= 0.3 is 6.18 Å². The molecule has 2 aliphatic rings. The van der Waals surface area contributed by atoms with Crippen molar-refractivity contribution < 1.29 is 27.2 Å². The van der Waals surface area contributed by atoms with Crippen LogP contribution in [0.5, 0.6) is 0 Å². The fourth-order valence-corrected chi connectivity index (χ4v) is 4.39. The van der Waals surface area contributed by atoms with Crippen LogP contribution in [0.4, 0.5) is 34.9 Å². The number of fused-ring (bicyclic) bond motifs is 2. The summed E-state index contributed by atoms with van der Waals surface area (Å²) in [5, 5.41) is 2.53. The summed E-state index contributed by atoms with van der Waals surface area (Å²) in [4.78, 5) is 36.0. The molecule has 11 heteroatoms. The molecule has 1 saturated carbocycles. The van der Waals surface area contributed by atoms with E-state index >= 15 is 0 Å². The van der Waals surface area contributed by atoms with E-state index in [1.807, 2.05) is 0 Å². The zero-order valence-electron chi connectivity index (χ0n) is 18.4. The smallest absolute Gasteiger partial charge is 0.368 e. The zero-order chi connectivity index (χ0) is 25.1. The van der Waals surface area contributed by atoms with Crippen molar-refractivity contribution in [2.45, 2.75) is 37.9 Å². The van der Waals surface area contributed by atoms with Crippen LogP contribution in [-0.4, -0.2) is 21.8 Å². The number of rotatable bonds is 3. The summed E-state index contributed by atoms with van der Waals surface area (Å²) in [6.07, 6.45) is -2.07. The fraction of sp³-hybridized carbons (Fsp3) is 0.250. The van der Waals surface area contributed by atoms with E-state index in [-0.39, 0.29) is 29.7 Å². The molecule has 180 valence electrons. The second-order valence-corrected chi connectivity index (χ2v) is 8.72. The molecule has 2 heterocycles. The second kappa shape index (κ2) is 7.76.